The summed E-state index contributed by atoms with van der Waals surface area (Å²) in [5, 5.41) is 6.95. The molecule has 1 amide bonds. The normalized spacial score (nSPS) is 25.1. The van der Waals surface area contributed by atoms with Gasteiger partial charge in [0.05, 0.1) is 13.2 Å². The Bertz CT molecular complexity index is 501. The lowest BCUT2D eigenvalue weighted by atomic mass is 9.88. The SMILES string of the molecule is CN=C(NCCCCN1CCOCC1)NC1CCN(C(=O)C2CCCCC2)C1. The van der Waals surface area contributed by atoms with E-state index in [0.717, 1.165) is 84.1 Å². The third-order valence-corrected chi connectivity index (χ3v) is 6.32. The number of nitrogens with one attached hydrogen (secondary N) is 2. The van der Waals surface area contributed by atoms with Crippen LogP contribution in [0.1, 0.15) is 51.4 Å². The first-order valence-corrected chi connectivity index (χ1v) is 11.3. The summed E-state index contributed by atoms with van der Waals surface area (Å²) in [6.45, 7) is 7.64. The number of unbranched alkanes of at least 4 members (excludes halogenated alkanes) is 1. The van der Waals surface area contributed by atoms with E-state index in [2.05, 4.69) is 25.4 Å². The molecule has 0 bridgehead atoms. The second kappa shape index (κ2) is 11.6. The highest BCUT2D eigenvalue weighted by Gasteiger charge is 2.31. The van der Waals surface area contributed by atoms with Crippen LogP contribution in [0.4, 0.5) is 0 Å². The van der Waals surface area contributed by atoms with Gasteiger partial charge in [-0.3, -0.25) is 14.7 Å². The molecule has 1 atom stereocenters. The number of rotatable bonds is 7. The van der Waals surface area contributed by atoms with E-state index in [4.69, 9.17) is 4.74 Å². The van der Waals surface area contributed by atoms with Gasteiger partial charge in [-0.1, -0.05) is 19.3 Å². The second-order valence-corrected chi connectivity index (χ2v) is 8.41. The van der Waals surface area contributed by atoms with E-state index in [1.54, 1.807) is 0 Å². The lowest BCUT2D eigenvalue weighted by Crippen LogP contribution is -2.45. The summed E-state index contributed by atoms with van der Waals surface area (Å²) in [6.07, 6.45) is 9.23. The zero-order valence-corrected chi connectivity index (χ0v) is 17.6. The molecule has 3 rings (SSSR count). The van der Waals surface area contributed by atoms with E-state index in [1.165, 1.54) is 25.7 Å². The van der Waals surface area contributed by atoms with Gasteiger partial charge in [0, 0.05) is 51.7 Å². The number of likely N-dealkylation sites (tertiary alicyclic amines) is 1. The van der Waals surface area contributed by atoms with Crippen molar-refractivity contribution in [1.82, 2.24) is 20.4 Å². The van der Waals surface area contributed by atoms with E-state index in [9.17, 15) is 4.79 Å². The molecule has 0 spiro atoms. The molecule has 160 valence electrons. The van der Waals surface area contributed by atoms with Crippen LogP contribution in [-0.4, -0.2) is 87.2 Å². The summed E-state index contributed by atoms with van der Waals surface area (Å²) in [6, 6.07) is 0.312. The predicted molar refractivity (Wildman–Crippen MR) is 113 cm³/mol. The highest BCUT2D eigenvalue weighted by molar-refractivity contribution is 5.81. The molecule has 0 aromatic heterocycles. The number of nitrogens with zero attached hydrogens (tertiary/aromatic N) is 3. The Kier molecular flexibility index (Phi) is 8.86. The fourth-order valence-electron chi connectivity index (χ4n) is 4.57. The molecule has 1 unspecified atom stereocenters. The topological polar surface area (TPSA) is 69.2 Å². The van der Waals surface area contributed by atoms with E-state index < -0.39 is 0 Å². The molecule has 1 aliphatic carbocycles. The Morgan fingerprint density at radius 2 is 1.86 bits per heavy atom. The molecule has 2 saturated heterocycles. The molecule has 1 saturated carbocycles. The maximum Gasteiger partial charge on any atom is 0.225 e. The first-order chi connectivity index (χ1) is 13.8. The van der Waals surface area contributed by atoms with E-state index in [0.29, 0.717) is 11.9 Å². The minimum Gasteiger partial charge on any atom is -0.379 e. The second-order valence-electron chi connectivity index (χ2n) is 8.41. The van der Waals surface area contributed by atoms with Crippen LogP contribution in [0, 0.1) is 5.92 Å². The number of amides is 1. The summed E-state index contributed by atoms with van der Waals surface area (Å²) >= 11 is 0. The van der Waals surface area contributed by atoms with Crippen molar-refractivity contribution in [1.29, 1.82) is 0 Å². The molecular formula is C21H39N5O2. The lowest BCUT2D eigenvalue weighted by Gasteiger charge is -2.26. The average Bonchev–Trinajstić information content (AvgIpc) is 3.22. The van der Waals surface area contributed by atoms with Crippen molar-refractivity contribution in [3.05, 3.63) is 0 Å². The minimum absolute atomic E-state index is 0.274. The van der Waals surface area contributed by atoms with Crippen LogP contribution < -0.4 is 10.6 Å². The highest BCUT2D eigenvalue weighted by Crippen LogP contribution is 2.26. The fourth-order valence-corrected chi connectivity index (χ4v) is 4.57. The van der Waals surface area contributed by atoms with Crippen LogP contribution in [-0.2, 0) is 9.53 Å². The van der Waals surface area contributed by atoms with Crippen molar-refractivity contribution in [3.8, 4) is 0 Å². The number of ether oxygens (including phenoxy) is 1. The summed E-state index contributed by atoms with van der Waals surface area (Å²) in [4.78, 5) is 21.6. The van der Waals surface area contributed by atoms with Gasteiger partial charge in [-0.2, -0.15) is 0 Å². The van der Waals surface area contributed by atoms with Gasteiger partial charge in [0.1, 0.15) is 0 Å². The predicted octanol–water partition coefficient (Wildman–Crippen LogP) is 1.45. The van der Waals surface area contributed by atoms with Crippen LogP contribution >= 0.6 is 0 Å². The Hall–Kier alpha value is -1.34. The summed E-state index contributed by atoms with van der Waals surface area (Å²) < 4.78 is 5.39. The number of morpholine rings is 1. The van der Waals surface area contributed by atoms with Gasteiger partial charge in [0.15, 0.2) is 5.96 Å². The van der Waals surface area contributed by atoms with Crippen molar-refractivity contribution < 1.29 is 9.53 Å². The van der Waals surface area contributed by atoms with Crippen molar-refractivity contribution in [2.24, 2.45) is 10.9 Å². The van der Waals surface area contributed by atoms with Gasteiger partial charge in [0.2, 0.25) is 5.91 Å². The maximum absolute atomic E-state index is 12.7. The zero-order valence-electron chi connectivity index (χ0n) is 17.6. The van der Waals surface area contributed by atoms with Crippen LogP contribution in [0.15, 0.2) is 4.99 Å². The average molecular weight is 394 g/mol. The fraction of sp³-hybridized carbons (Fsp3) is 0.905. The standard InChI is InChI=1S/C21H39N5O2/c1-22-21(23-10-5-6-11-25-13-15-28-16-14-25)24-19-9-12-26(17-19)20(27)18-7-3-2-4-8-18/h18-19H,2-17H2,1H3,(H2,22,23,24). The first-order valence-electron chi connectivity index (χ1n) is 11.3. The van der Waals surface area contributed by atoms with Gasteiger partial charge in [-0.25, -0.2) is 0 Å². The van der Waals surface area contributed by atoms with Crippen LogP contribution in [0.3, 0.4) is 0 Å². The number of aliphatic imine (C=N–C) groups is 1. The van der Waals surface area contributed by atoms with Crippen LogP contribution in [0.5, 0.6) is 0 Å². The van der Waals surface area contributed by atoms with Gasteiger partial charge >= 0.3 is 0 Å². The number of hydrogen-bond acceptors (Lipinski definition) is 4. The minimum atomic E-state index is 0.274. The van der Waals surface area contributed by atoms with E-state index >= 15 is 0 Å². The number of hydrogen-bond donors (Lipinski definition) is 2. The Morgan fingerprint density at radius 1 is 1.07 bits per heavy atom. The van der Waals surface area contributed by atoms with Crippen molar-refractivity contribution >= 4 is 11.9 Å². The molecule has 2 aliphatic heterocycles. The lowest BCUT2D eigenvalue weighted by molar-refractivity contribution is -0.135. The Morgan fingerprint density at radius 3 is 2.61 bits per heavy atom. The number of guanidine groups is 1. The largest absolute Gasteiger partial charge is 0.379 e. The molecule has 2 heterocycles. The van der Waals surface area contributed by atoms with Gasteiger partial charge in [-0.05, 0) is 38.6 Å². The van der Waals surface area contributed by atoms with E-state index in [1.807, 2.05) is 7.05 Å². The number of carbonyl (C=O) groups excluding carboxylic acids is 1. The molecule has 0 aromatic carbocycles. The summed E-state index contributed by atoms with van der Waals surface area (Å²) in [5.74, 6) is 1.52. The van der Waals surface area contributed by atoms with E-state index in [-0.39, 0.29) is 5.92 Å². The Labute approximate surface area is 170 Å². The monoisotopic (exact) mass is 393 g/mol. The molecule has 0 aromatic rings. The van der Waals surface area contributed by atoms with Crippen molar-refractivity contribution in [3.63, 3.8) is 0 Å². The van der Waals surface area contributed by atoms with Gasteiger partial charge in [-0.15, -0.1) is 0 Å². The molecule has 7 heteroatoms. The summed E-state index contributed by atoms with van der Waals surface area (Å²) in [7, 11) is 1.82. The quantitative estimate of drug-likeness (QED) is 0.389. The highest BCUT2D eigenvalue weighted by atomic mass is 16.5. The van der Waals surface area contributed by atoms with Crippen molar-refractivity contribution in [2.75, 3.05) is 59.5 Å². The smallest absolute Gasteiger partial charge is 0.225 e. The molecule has 3 aliphatic rings. The van der Waals surface area contributed by atoms with Crippen molar-refractivity contribution in [2.45, 2.75) is 57.4 Å². The molecule has 2 N–H and O–H groups in total. The van der Waals surface area contributed by atoms with Gasteiger partial charge in [0.25, 0.3) is 0 Å². The third-order valence-electron chi connectivity index (χ3n) is 6.32. The third kappa shape index (κ3) is 6.62. The number of carbonyl (C=O) groups is 1. The first kappa shape index (κ1) is 21.4. The van der Waals surface area contributed by atoms with Crippen LogP contribution in [0.2, 0.25) is 0 Å². The molecule has 0 radical (unpaired) electrons. The molecular weight excluding hydrogens is 354 g/mol. The molecule has 7 nitrogen and oxygen atoms in total. The van der Waals surface area contributed by atoms with Crippen LogP contribution in [0.25, 0.3) is 0 Å². The zero-order chi connectivity index (χ0) is 19.6. The molecule has 28 heavy (non-hydrogen) atoms. The van der Waals surface area contributed by atoms with Gasteiger partial charge < -0.3 is 20.3 Å². The summed E-state index contributed by atoms with van der Waals surface area (Å²) in [5.41, 5.74) is 0. The molecule has 3 fully saturated rings. The maximum atomic E-state index is 12.7. The Balaban J connectivity index is 1.29.